The predicted octanol–water partition coefficient (Wildman–Crippen LogP) is 1.31. The number of thiocarbonyl (C=S) groups is 1. The molecule has 1 rings (SSSR count). The van der Waals surface area contributed by atoms with Crippen LogP contribution in [0.25, 0.3) is 0 Å². The summed E-state index contributed by atoms with van der Waals surface area (Å²) in [7, 11) is 0. The Kier molecular flexibility index (Phi) is 4.27. The van der Waals surface area contributed by atoms with Gasteiger partial charge in [-0.25, -0.2) is 0 Å². The highest BCUT2D eigenvalue weighted by atomic mass is 127. The van der Waals surface area contributed by atoms with Crippen molar-refractivity contribution < 1.29 is 4.79 Å². The van der Waals surface area contributed by atoms with Crippen molar-refractivity contribution in [2.24, 2.45) is 5.73 Å². The molecule has 0 bridgehead atoms. The van der Waals surface area contributed by atoms with Gasteiger partial charge >= 0.3 is 0 Å². The average molecular weight is 320 g/mol. The number of benzene rings is 1. The molecule has 74 valence electrons. The van der Waals surface area contributed by atoms with Crippen molar-refractivity contribution in [1.82, 2.24) is 5.32 Å². The fourth-order valence-corrected chi connectivity index (χ4v) is 1.30. The molecule has 3 nitrogen and oxygen atoms in total. The van der Waals surface area contributed by atoms with Crippen molar-refractivity contribution in [2.75, 3.05) is 6.54 Å². The van der Waals surface area contributed by atoms with Crippen LogP contribution in [0.2, 0.25) is 0 Å². The van der Waals surface area contributed by atoms with Gasteiger partial charge in [-0.2, -0.15) is 0 Å². The quantitative estimate of drug-likeness (QED) is 0.652. The van der Waals surface area contributed by atoms with Gasteiger partial charge in [0.15, 0.2) is 0 Å². The number of carbonyl (C=O) groups is 1. The molecule has 0 unspecified atom stereocenters. The van der Waals surface area contributed by atoms with Crippen LogP contribution in [0.1, 0.15) is 10.4 Å². The lowest BCUT2D eigenvalue weighted by Gasteiger charge is -2.03. The van der Waals surface area contributed by atoms with E-state index in [-0.39, 0.29) is 17.4 Å². The summed E-state index contributed by atoms with van der Waals surface area (Å²) in [5.74, 6) is -0.158. The highest BCUT2D eigenvalue weighted by Gasteiger charge is 2.03. The largest absolute Gasteiger partial charge is 0.392 e. The van der Waals surface area contributed by atoms with Crippen LogP contribution in [0.15, 0.2) is 24.3 Å². The first-order chi connectivity index (χ1) is 6.59. The van der Waals surface area contributed by atoms with E-state index in [1.807, 2.05) is 12.1 Å². The molecule has 5 heteroatoms. The van der Waals surface area contributed by atoms with E-state index >= 15 is 0 Å². The molecule has 0 atom stereocenters. The average Bonchev–Trinajstić information content (AvgIpc) is 2.15. The van der Waals surface area contributed by atoms with Gasteiger partial charge in [-0.1, -0.05) is 12.2 Å². The van der Waals surface area contributed by atoms with E-state index in [0.29, 0.717) is 5.56 Å². The Hall–Kier alpha value is -0.690. The summed E-state index contributed by atoms with van der Waals surface area (Å²) in [6.45, 7) is 0.236. The van der Waals surface area contributed by atoms with Crippen LogP contribution >= 0.6 is 34.8 Å². The fraction of sp³-hybridized carbons (Fsp3) is 0.111. The van der Waals surface area contributed by atoms with Crippen molar-refractivity contribution in [1.29, 1.82) is 0 Å². The first-order valence-electron chi connectivity index (χ1n) is 3.91. The van der Waals surface area contributed by atoms with Gasteiger partial charge in [-0.3, -0.25) is 4.79 Å². The molecular formula is C9H9IN2OS. The zero-order valence-corrected chi connectivity index (χ0v) is 10.3. The Labute approximate surface area is 101 Å². The van der Waals surface area contributed by atoms with Gasteiger partial charge in [-0.05, 0) is 46.9 Å². The van der Waals surface area contributed by atoms with Gasteiger partial charge in [0.2, 0.25) is 0 Å². The number of hydrogen-bond donors (Lipinski definition) is 2. The molecule has 1 aromatic rings. The number of hydrogen-bond acceptors (Lipinski definition) is 2. The topological polar surface area (TPSA) is 55.1 Å². The summed E-state index contributed by atoms with van der Waals surface area (Å²) in [5, 5.41) is 2.61. The molecule has 1 aromatic carbocycles. The van der Waals surface area contributed by atoms with E-state index in [1.54, 1.807) is 12.1 Å². The summed E-state index contributed by atoms with van der Waals surface area (Å²) in [4.78, 5) is 11.7. The minimum Gasteiger partial charge on any atom is -0.392 e. The van der Waals surface area contributed by atoms with Crippen LogP contribution in [0, 0.1) is 3.57 Å². The highest BCUT2D eigenvalue weighted by Crippen LogP contribution is 2.06. The van der Waals surface area contributed by atoms with Gasteiger partial charge in [-0.15, -0.1) is 0 Å². The van der Waals surface area contributed by atoms with E-state index in [1.165, 1.54) is 0 Å². The summed E-state index contributed by atoms with van der Waals surface area (Å²) in [6.07, 6.45) is 0. The molecule has 1 amide bonds. The van der Waals surface area contributed by atoms with Crippen molar-refractivity contribution >= 4 is 45.7 Å². The van der Waals surface area contributed by atoms with Crippen molar-refractivity contribution in [2.45, 2.75) is 0 Å². The zero-order valence-electron chi connectivity index (χ0n) is 7.29. The first-order valence-corrected chi connectivity index (χ1v) is 5.40. The number of halogens is 1. The molecule has 3 N–H and O–H groups in total. The molecule has 0 aliphatic rings. The second-order valence-corrected chi connectivity index (χ2v) is 4.43. The van der Waals surface area contributed by atoms with Gasteiger partial charge in [0.05, 0.1) is 11.5 Å². The lowest BCUT2D eigenvalue weighted by atomic mass is 10.2. The lowest BCUT2D eigenvalue weighted by Crippen LogP contribution is -2.32. The minimum atomic E-state index is -0.158. The fourth-order valence-electron chi connectivity index (χ4n) is 0.871. The standard InChI is InChI=1S/C9H9IN2OS/c10-7-3-1-6(2-4-7)9(13)12-5-8(11)14/h1-4H,5H2,(H2,11,14)(H,12,13). The molecule has 0 heterocycles. The Bertz CT molecular complexity index is 350. The molecule has 0 radical (unpaired) electrons. The Morgan fingerprint density at radius 1 is 1.43 bits per heavy atom. The first kappa shape index (κ1) is 11.4. The van der Waals surface area contributed by atoms with Gasteiger partial charge in [0, 0.05) is 9.13 Å². The zero-order chi connectivity index (χ0) is 10.6. The van der Waals surface area contributed by atoms with Crippen LogP contribution in [-0.2, 0) is 0 Å². The van der Waals surface area contributed by atoms with Crippen molar-refractivity contribution in [3.8, 4) is 0 Å². The molecule has 0 aromatic heterocycles. The normalized spacial score (nSPS) is 9.50. The third-order valence-electron chi connectivity index (χ3n) is 1.53. The van der Waals surface area contributed by atoms with E-state index in [0.717, 1.165) is 3.57 Å². The number of rotatable bonds is 3. The third kappa shape index (κ3) is 3.59. The Morgan fingerprint density at radius 2 is 2.00 bits per heavy atom. The maximum atomic E-state index is 11.4. The van der Waals surface area contributed by atoms with Crippen molar-refractivity contribution in [3.63, 3.8) is 0 Å². The van der Waals surface area contributed by atoms with Crippen LogP contribution < -0.4 is 11.1 Å². The Morgan fingerprint density at radius 3 is 2.50 bits per heavy atom. The molecule has 0 aliphatic carbocycles. The molecule has 0 spiro atoms. The third-order valence-corrected chi connectivity index (χ3v) is 2.39. The monoisotopic (exact) mass is 320 g/mol. The van der Waals surface area contributed by atoms with Crippen LogP contribution in [-0.4, -0.2) is 17.4 Å². The van der Waals surface area contributed by atoms with Gasteiger partial charge in [0.1, 0.15) is 0 Å². The van der Waals surface area contributed by atoms with E-state index in [4.69, 9.17) is 5.73 Å². The summed E-state index contributed by atoms with van der Waals surface area (Å²) >= 11 is 6.83. The number of carbonyl (C=O) groups excluding carboxylic acids is 1. The summed E-state index contributed by atoms with van der Waals surface area (Å²) in [6, 6.07) is 7.26. The van der Waals surface area contributed by atoms with E-state index in [9.17, 15) is 4.79 Å². The molecule has 14 heavy (non-hydrogen) atoms. The SMILES string of the molecule is NC(=S)CNC(=O)c1ccc(I)cc1. The number of nitrogens with one attached hydrogen (secondary N) is 1. The molecule has 0 saturated heterocycles. The second-order valence-electron chi connectivity index (χ2n) is 2.66. The summed E-state index contributed by atoms with van der Waals surface area (Å²) in [5.41, 5.74) is 5.87. The second kappa shape index (κ2) is 5.26. The smallest absolute Gasteiger partial charge is 0.251 e. The van der Waals surface area contributed by atoms with Crippen molar-refractivity contribution in [3.05, 3.63) is 33.4 Å². The number of amides is 1. The molecule has 0 aliphatic heterocycles. The molecular weight excluding hydrogens is 311 g/mol. The lowest BCUT2D eigenvalue weighted by molar-refractivity contribution is 0.0959. The van der Waals surface area contributed by atoms with Crippen LogP contribution in [0.5, 0.6) is 0 Å². The molecule has 0 saturated carbocycles. The van der Waals surface area contributed by atoms with Gasteiger partial charge in [0.25, 0.3) is 5.91 Å². The summed E-state index contributed by atoms with van der Waals surface area (Å²) < 4.78 is 1.09. The highest BCUT2D eigenvalue weighted by molar-refractivity contribution is 14.1. The minimum absolute atomic E-state index is 0.158. The van der Waals surface area contributed by atoms with Gasteiger partial charge < -0.3 is 11.1 Å². The maximum absolute atomic E-state index is 11.4. The maximum Gasteiger partial charge on any atom is 0.251 e. The van der Waals surface area contributed by atoms with E-state index < -0.39 is 0 Å². The number of nitrogens with two attached hydrogens (primary N) is 1. The Balaban J connectivity index is 2.61. The predicted molar refractivity (Wildman–Crippen MR) is 68.3 cm³/mol. The van der Waals surface area contributed by atoms with Crippen LogP contribution in [0.3, 0.4) is 0 Å². The van der Waals surface area contributed by atoms with Crippen LogP contribution in [0.4, 0.5) is 0 Å². The molecule has 0 fully saturated rings. The van der Waals surface area contributed by atoms with E-state index in [2.05, 4.69) is 40.1 Å².